The minimum atomic E-state index is -3.04. The second-order valence-corrected chi connectivity index (χ2v) is 5.13. The SMILES string of the molecule is NCC(=O)OC[C@@]1(F)O[C@@H](n2cnc3c(N)ncnc32)[C@H](O)[C@@H]1F. The van der Waals surface area contributed by atoms with Crippen molar-refractivity contribution < 1.29 is 28.2 Å². The van der Waals surface area contributed by atoms with Gasteiger partial charge in [-0.05, 0) is 0 Å². The molecule has 1 saturated heterocycles. The van der Waals surface area contributed by atoms with Crippen LogP contribution in [0.4, 0.5) is 14.6 Å². The van der Waals surface area contributed by atoms with E-state index >= 15 is 0 Å². The van der Waals surface area contributed by atoms with Gasteiger partial charge in [-0.3, -0.25) is 9.36 Å². The van der Waals surface area contributed by atoms with E-state index in [1.807, 2.05) is 0 Å². The minimum absolute atomic E-state index is 0.0615. The highest BCUT2D eigenvalue weighted by molar-refractivity contribution is 5.81. The average molecular weight is 344 g/mol. The zero-order valence-electron chi connectivity index (χ0n) is 12.2. The molecule has 0 bridgehead atoms. The lowest BCUT2D eigenvalue weighted by atomic mass is 10.1. The smallest absolute Gasteiger partial charge is 0.319 e. The molecule has 5 N–H and O–H groups in total. The Morgan fingerprint density at radius 3 is 2.96 bits per heavy atom. The van der Waals surface area contributed by atoms with Crippen LogP contribution in [0.2, 0.25) is 0 Å². The first-order valence-corrected chi connectivity index (χ1v) is 6.85. The van der Waals surface area contributed by atoms with Crippen molar-refractivity contribution in [2.24, 2.45) is 5.73 Å². The number of aromatic nitrogens is 4. The fourth-order valence-corrected chi connectivity index (χ4v) is 2.36. The molecule has 1 aliphatic heterocycles. The summed E-state index contributed by atoms with van der Waals surface area (Å²) in [5.41, 5.74) is 11.0. The van der Waals surface area contributed by atoms with Crippen LogP contribution in [0.1, 0.15) is 6.23 Å². The molecule has 0 spiro atoms. The monoisotopic (exact) mass is 344 g/mol. The Balaban J connectivity index is 1.89. The summed E-state index contributed by atoms with van der Waals surface area (Å²) in [7, 11) is 0. The number of esters is 1. The largest absolute Gasteiger partial charge is 0.459 e. The van der Waals surface area contributed by atoms with Gasteiger partial charge in [0.05, 0.1) is 12.9 Å². The van der Waals surface area contributed by atoms with Gasteiger partial charge in [0.2, 0.25) is 0 Å². The van der Waals surface area contributed by atoms with Crippen LogP contribution in [-0.4, -0.2) is 61.9 Å². The number of imidazole rings is 1. The predicted octanol–water partition coefficient (Wildman–Crippen LogP) is -1.20. The molecule has 1 aliphatic rings. The van der Waals surface area contributed by atoms with Crippen molar-refractivity contribution in [3.63, 3.8) is 0 Å². The Morgan fingerprint density at radius 1 is 1.50 bits per heavy atom. The molecule has 0 saturated carbocycles. The zero-order valence-corrected chi connectivity index (χ0v) is 12.2. The second kappa shape index (κ2) is 5.89. The number of carbonyl (C=O) groups excluding carboxylic acids is 1. The molecule has 1 fully saturated rings. The molecule has 2 aromatic heterocycles. The van der Waals surface area contributed by atoms with E-state index in [4.69, 9.17) is 16.2 Å². The number of rotatable bonds is 4. The molecule has 130 valence electrons. The number of aliphatic hydroxyl groups is 1. The molecule has 24 heavy (non-hydrogen) atoms. The van der Waals surface area contributed by atoms with Crippen LogP contribution in [0.25, 0.3) is 11.2 Å². The lowest BCUT2D eigenvalue weighted by Gasteiger charge is -2.21. The molecule has 12 heteroatoms. The van der Waals surface area contributed by atoms with Crippen molar-refractivity contribution in [3.8, 4) is 0 Å². The van der Waals surface area contributed by atoms with Gasteiger partial charge in [0.25, 0.3) is 5.85 Å². The summed E-state index contributed by atoms with van der Waals surface area (Å²) < 4.78 is 39.4. The third kappa shape index (κ3) is 2.53. The van der Waals surface area contributed by atoms with E-state index in [1.165, 1.54) is 0 Å². The molecule has 2 aromatic rings. The van der Waals surface area contributed by atoms with Gasteiger partial charge in [-0.25, -0.2) is 23.7 Å². The van der Waals surface area contributed by atoms with Gasteiger partial charge in [-0.1, -0.05) is 0 Å². The zero-order chi connectivity index (χ0) is 17.5. The van der Waals surface area contributed by atoms with E-state index in [0.29, 0.717) is 0 Å². The summed E-state index contributed by atoms with van der Waals surface area (Å²) in [5.74, 6) is -3.91. The Labute approximate surface area is 133 Å². The first kappa shape index (κ1) is 16.4. The molecule has 3 rings (SSSR count). The van der Waals surface area contributed by atoms with Crippen molar-refractivity contribution in [1.29, 1.82) is 0 Å². The lowest BCUT2D eigenvalue weighted by Crippen LogP contribution is -2.41. The third-order valence-electron chi connectivity index (χ3n) is 3.58. The van der Waals surface area contributed by atoms with E-state index in [1.54, 1.807) is 0 Å². The quantitative estimate of drug-likeness (QED) is 0.581. The highest BCUT2D eigenvalue weighted by atomic mass is 19.2. The Morgan fingerprint density at radius 2 is 2.25 bits per heavy atom. The number of ether oxygens (including phenoxy) is 2. The second-order valence-electron chi connectivity index (χ2n) is 5.13. The summed E-state index contributed by atoms with van der Waals surface area (Å²) in [4.78, 5) is 22.6. The normalized spacial score (nSPS) is 29.9. The molecule has 3 heterocycles. The van der Waals surface area contributed by atoms with Crippen molar-refractivity contribution in [2.75, 3.05) is 18.9 Å². The van der Waals surface area contributed by atoms with Crippen LogP contribution >= 0.6 is 0 Å². The Hall–Kier alpha value is -2.44. The number of hydrogen-bond donors (Lipinski definition) is 3. The summed E-state index contributed by atoms with van der Waals surface area (Å²) in [6.45, 7) is -1.55. The van der Waals surface area contributed by atoms with Crippen molar-refractivity contribution in [2.45, 2.75) is 24.4 Å². The number of alkyl halides is 2. The van der Waals surface area contributed by atoms with E-state index in [-0.39, 0.29) is 17.0 Å². The first-order valence-electron chi connectivity index (χ1n) is 6.85. The third-order valence-corrected chi connectivity index (χ3v) is 3.58. The average Bonchev–Trinajstić information content (AvgIpc) is 3.09. The number of fused-ring (bicyclic) bond motifs is 1. The summed E-state index contributed by atoms with van der Waals surface area (Å²) in [6.07, 6.45) is -3.55. The number of nitrogens with zero attached hydrogens (tertiary/aromatic N) is 4. The lowest BCUT2D eigenvalue weighted by molar-refractivity contribution is -0.206. The van der Waals surface area contributed by atoms with E-state index in [0.717, 1.165) is 17.2 Å². The van der Waals surface area contributed by atoms with Crippen molar-refractivity contribution >= 4 is 23.0 Å². The maximum Gasteiger partial charge on any atom is 0.319 e. The van der Waals surface area contributed by atoms with Gasteiger partial charge in [0.1, 0.15) is 17.9 Å². The summed E-state index contributed by atoms with van der Waals surface area (Å²) in [5, 5.41) is 9.99. The molecule has 0 aromatic carbocycles. The number of halogens is 2. The fourth-order valence-electron chi connectivity index (χ4n) is 2.36. The molecule has 4 atom stereocenters. The molecule has 0 amide bonds. The highest BCUT2D eigenvalue weighted by Gasteiger charge is 2.58. The van der Waals surface area contributed by atoms with Crippen LogP contribution in [0.5, 0.6) is 0 Å². The molecule has 0 radical (unpaired) electrons. The van der Waals surface area contributed by atoms with Gasteiger partial charge < -0.3 is 26.0 Å². The van der Waals surface area contributed by atoms with Gasteiger partial charge in [-0.2, -0.15) is 0 Å². The van der Waals surface area contributed by atoms with Gasteiger partial charge in [0, 0.05) is 0 Å². The van der Waals surface area contributed by atoms with E-state index in [2.05, 4.69) is 19.7 Å². The topological polar surface area (TPSA) is 151 Å². The van der Waals surface area contributed by atoms with Gasteiger partial charge in [0.15, 0.2) is 30.5 Å². The maximum atomic E-state index is 14.6. The van der Waals surface area contributed by atoms with E-state index in [9.17, 15) is 18.7 Å². The number of anilines is 1. The van der Waals surface area contributed by atoms with Gasteiger partial charge >= 0.3 is 5.97 Å². The van der Waals surface area contributed by atoms with Crippen LogP contribution < -0.4 is 11.5 Å². The maximum absolute atomic E-state index is 14.6. The molecule has 10 nitrogen and oxygen atoms in total. The molecular formula is C12H14F2N6O4. The van der Waals surface area contributed by atoms with Crippen molar-refractivity contribution in [3.05, 3.63) is 12.7 Å². The number of nitrogen functional groups attached to an aromatic ring is 1. The number of hydrogen-bond acceptors (Lipinski definition) is 9. The summed E-state index contributed by atoms with van der Waals surface area (Å²) in [6, 6.07) is 0. The van der Waals surface area contributed by atoms with Crippen LogP contribution in [0, 0.1) is 0 Å². The first-order chi connectivity index (χ1) is 11.4. The fraction of sp³-hybridized carbons (Fsp3) is 0.500. The van der Waals surface area contributed by atoms with Crippen LogP contribution in [0.15, 0.2) is 12.7 Å². The predicted molar refractivity (Wildman–Crippen MR) is 74.6 cm³/mol. The van der Waals surface area contributed by atoms with Gasteiger partial charge in [-0.15, -0.1) is 0 Å². The van der Waals surface area contributed by atoms with Crippen LogP contribution in [0.3, 0.4) is 0 Å². The Bertz CT molecular complexity index is 773. The number of aliphatic hydroxyl groups excluding tert-OH is 1. The Kier molecular flexibility index (Phi) is 4.03. The molecule has 0 unspecified atom stereocenters. The molecule has 0 aliphatic carbocycles. The van der Waals surface area contributed by atoms with Crippen molar-refractivity contribution in [1.82, 2.24) is 19.5 Å². The number of nitrogens with two attached hydrogens (primary N) is 2. The minimum Gasteiger partial charge on any atom is -0.459 e. The van der Waals surface area contributed by atoms with Crippen LogP contribution in [-0.2, 0) is 14.3 Å². The standard InChI is InChI=1S/C12H14F2N6O4/c13-8-7(22)11(24-12(8,14)2-23-5(21)1-15)20-4-19-6-9(16)17-3-18-10(6)20/h3-4,7-8,11,22H,1-2,15H2,(H2,16,17,18)/t7-,8+,11-,12-/m1/s1. The van der Waals surface area contributed by atoms with E-state index < -0.39 is 43.5 Å². The summed E-state index contributed by atoms with van der Waals surface area (Å²) >= 11 is 0. The highest BCUT2D eigenvalue weighted by Crippen LogP contribution is 2.41. The number of carbonyl (C=O) groups is 1. The molecular weight excluding hydrogens is 330 g/mol.